The monoisotopic (exact) mass is 258 g/mol. The summed E-state index contributed by atoms with van der Waals surface area (Å²) < 4.78 is 5.02. The zero-order valence-electron chi connectivity index (χ0n) is 11.0. The molecule has 1 aliphatic carbocycles. The summed E-state index contributed by atoms with van der Waals surface area (Å²) >= 11 is 0. The molecule has 5 heteroatoms. The molecule has 1 aromatic carbocycles. The van der Waals surface area contributed by atoms with E-state index in [4.69, 9.17) is 4.74 Å². The average molecular weight is 258 g/mol. The molecule has 1 fully saturated rings. The molecular weight excluding hydrogens is 240 g/mol. The van der Waals surface area contributed by atoms with Crippen molar-refractivity contribution in [3.63, 3.8) is 0 Å². The Morgan fingerprint density at radius 1 is 1.26 bits per heavy atom. The number of methoxy groups -OCH3 is 1. The van der Waals surface area contributed by atoms with Gasteiger partial charge in [0.15, 0.2) is 0 Å². The van der Waals surface area contributed by atoms with E-state index in [9.17, 15) is 0 Å². The highest BCUT2D eigenvalue weighted by molar-refractivity contribution is 5.90. The molecule has 0 atom stereocenters. The average Bonchev–Trinajstić information content (AvgIpc) is 3.23. The molecule has 0 saturated heterocycles. The number of ether oxygens (including phenoxy) is 1. The predicted molar refractivity (Wildman–Crippen MR) is 76.5 cm³/mol. The summed E-state index contributed by atoms with van der Waals surface area (Å²) in [6.07, 6.45) is 2.45. The number of aromatic nitrogens is 2. The summed E-state index contributed by atoms with van der Waals surface area (Å²) in [6, 6.07) is 8.65. The van der Waals surface area contributed by atoms with E-state index in [0.717, 1.165) is 16.7 Å². The number of hydrogen-bond acceptors (Lipinski definition) is 5. The molecule has 0 bridgehead atoms. The Morgan fingerprint density at radius 2 is 2.11 bits per heavy atom. The maximum absolute atomic E-state index is 5.02. The molecule has 0 amide bonds. The fourth-order valence-electron chi connectivity index (χ4n) is 1.95. The van der Waals surface area contributed by atoms with Gasteiger partial charge in [0, 0.05) is 25.1 Å². The second-order valence-electron chi connectivity index (χ2n) is 4.75. The Hall–Kier alpha value is -1.88. The van der Waals surface area contributed by atoms with Crippen molar-refractivity contribution in [2.45, 2.75) is 18.9 Å². The normalized spacial score (nSPS) is 14.6. The number of rotatable bonds is 6. The van der Waals surface area contributed by atoms with E-state index in [1.54, 1.807) is 7.11 Å². The van der Waals surface area contributed by atoms with Crippen LogP contribution in [0.4, 0.5) is 11.8 Å². The van der Waals surface area contributed by atoms with Gasteiger partial charge in [0.05, 0.1) is 12.1 Å². The molecule has 5 nitrogen and oxygen atoms in total. The van der Waals surface area contributed by atoms with E-state index < -0.39 is 0 Å². The minimum Gasteiger partial charge on any atom is -0.383 e. The number of anilines is 2. The molecule has 2 aromatic rings. The van der Waals surface area contributed by atoms with Crippen LogP contribution in [-0.2, 0) is 4.74 Å². The van der Waals surface area contributed by atoms with Crippen molar-refractivity contribution < 1.29 is 4.74 Å². The lowest BCUT2D eigenvalue weighted by Gasteiger charge is -2.11. The molecule has 19 heavy (non-hydrogen) atoms. The molecule has 100 valence electrons. The first kappa shape index (κ1) is 12.2. The van der Waals surface area contributed by atoms with E-state index in [-0.39, 0.29) is 0 Å². The summed E-state index contributed by atoms with van der Waals surface area (Å²) in [6.45, 7) is 1.35. The van der Waals surface area contributed by atoms with Gasteiger partial charge in [-0.15, -0.1) is 0 Å². The third-order valence-corrected chi connectivity index (χ3v) is 3.11. The van der Waals surface area contributed by atoms with Crippen molar-refractivity contribution in [1.82, 2.24) is 9.97 Å². The van der Waals surface area contributed by atoms with Crippen LogP contribution in [0.2, 0.25) is 0 Å². The van der Waals surface area contributed by atoms with Crippen molar-refractivity contribution in [1.29, 1.82) is 0 Å². The fraction of sp³-hybridized carbons (Fsp3) is 0.429. The first-order valence-corrected chi connectivity index (χ1v) is 6.63. The maximum Gasteiger partial charge on any atom is 0.225 e. The largest absolute Gasteiger partial charge is 0.383 e. The van der Waals surface area contributed by atoms with Crippen LogP contribution < -0.4 is 10.6 Å². The van der Waals surface area contributed by atoms with Crippen LogP contribution in [0.3, 0.4) is 0 Å². The quantitative estimate of drug-likeness (QED) is 0.778. The van der Waals surface area contributed by atoms with E-state index in [2.05, 4.69) is 26.7 Å². The van der Waals surface area contributed by atoms with Gasteiger partial charge in [0.1, 0.15) is 5.82 Å². The first-order chi connectivity index (χ1) is 9.36. The smallest absolute Gasteiger partial charge is 0.225 e. The zero-order chi connectivity index (χ0) is 13.1. The van der Waals surface area contributed by atoms with Crippen LogP contribution in [0.5, 0.6) is 0 Å². The van der Waals surface area contributed by atoms with Crippen LogP contribution >= 0.6 is 0 Å². The van der Waals surface area contributed by atoms with Crippen LogP contribution in [-0.4, -0.2) is 36.3 Å². The number of nitrogens with zero attached hydrogens (tertiary/aromatic N) is 2. The van der Waals surface area contributed by atoms with Gasteiger partial charge in [-0.3, -0.25) is 0 Å². The number of fused-ring (bicyclic) bond motifs is 1. The third-order valence-electron chi connectivity index (χ3n) is 3.11. The molecule has 0 radical (unpaired) electrons. The lowest BCUT2D eigenvalue weighted by molar-refractivity contribution is 0.210. The number of nitrogens with one attached hydrogen (secondary N) is 2. The molecule has 1 saturated carbocycles. The van der Waals surface area contributed by atoms with Crippen LogP contribution in [0.25, 0.3) is 10.9 Å². The standard InChI is InChI=1S/C14H18N4O/c1-19-9-8-15-14-17-12-5-3-2-4-11(12)13(18-14)16-10-6-7-10/h2-5,10H,6-9H2,1H3,(H2,15,16,17,18). The summed E-state index contributed by atoms with van der Waals surface area (Å²) in [5.74, 6) is 1.58. The predicted octanol–water partition coefficient (Wildman–Crippen LogP) is 2.26. The topological polar surface area (TPSA) is 59.1 Å². The van der Waals surface area contributed by atoms with Gasteiger partial charge >= 0.3 is 0 Å². The molecule has 3 rings (SSSR count). The summed E-state index contributed by atoms with van der Waals surface area (Å²) in [7, 11) is 1.68. The SMILES string of the molecule is COCCNc1nc(NC2CC2)c2ccccc2n1. The minimum absolute atomic E-state index is 0.574. The Morgan fingerprint density at radius 3 is 2.89 bits per heavy atom. The van der Waals surface area contributed by atoms with Gasteiger partial charge in [0.2, 0.25) is 5.95 Å². The Balaban J connectivity index is 1.89. The number of hydrogen-bond donors (Lipinski definition) is 2. The second kappa shape index (κ2) is 5.40. The van der Waals surface area contributed by atoms with Crippen molar-refractivity contribution in [2.24, 2.45) is 0 Å². The molecule has 0 aliphatic heterocycles. The minimum atomic E-state index is 0.574. The first-order valence-electron chi connectivity index (χ1n) is 6.63. The molecule has 1 aliphatic rings. The highest BCUT2D eigenvalue weighted by atomic mass is 16.5. The Labute approximate surface area is 112 Å². The third kappa shape index (κ3) is 2.93. The molecule has 0 spiro atoms. The van der Waals surface area contributed by atoms with Crippen molar-refractivity contribution in [2.75, 3.05) is 30.9 Å². The molecule has 0 unspecified atom stereocenters. The molecule has 1 heterocycles. The molecular formula is C14H18N4O. The van der Waals surface area contributed by atoms with E-state index in [1.165, 1.54) is 12.8 Å². The van der Waals surface area contributed by atoms with Crippen LogP contribution in [0.15, 0.2) is 24.3 Å². The van der Waals surface area contributed by atoms with Crippen LogP contribution in [0.1, 0.15) is 12.8 Å². The van der Waals surface area contributed by atoms with Crippen molar-refractivity contribution >= 4 is 22.7 Å². The summed E-state index contributed by atoms with van der Waals surface area (Å²) in [5.41, 5.74) is 0.959. The fourth-order valence-corrected chi connectivity index (χ4v) is 1.95. The Bertz CT molecular complexity index is 568. The number of para-hydroxylation sites is 1. The van der Waals surface area contributed by atoms with E-state index in [1.807, 2.05) is 18.2 Å². The number of benzene rings is 1. The highest BCUT2D eigenvalue weighted by Crippen LogP contribution is 2.28. The van der Waals surface area contributed by atoms with Crippen molar-refractivity contribution in [3.8, 4) is 0 Å². The van der Waals surface area contributed by atoms with Crippen molar-refractivity contribution in [3.05, 3.63) is 24.3 Å². The lowest BCUT2D eigenvalue weighted by Crippen LogP contribution is -2.12. The maximum atomic E-state index is 5.02. The van der Waals surface area contributed by atoms with Gasteiger partial charge in [-0.05, 0) is 25.0 Å². The van der Waals surface area contributed by atoms with Gasteiger partial charge in [-0.25, -0.2) is 4.98 Å². The van der Waals surface area contributed by atoms with Gasteiger partial charge in [0.25, 0.3) is 0 Å². The van der Waals surface area contributed by atoms with Crippen LogP contribution in [0, 0.1) is 0 Å². The highest BCUT2D eigenvalue weighted by Gasteiger charge is 2.22. The summed E-state index contributed by atoms with van der Waals surface area (Å²) in [5, 5.41) is 7.73. The zero-order valence-corrected chi connectivity index (χ0v) is 11.0. The molecule has 1 aromatic heterocycles. The van der Waals surface area contributed by atoms with Gasteiger partial charge in [-0.1, -0.05) is 12.1 Å². The molecule has 2 N–H and O–H groups in total. The van der Waals surface area contributed by atoms with E-state index in [0.29, 0.717) is 25.1 Å². The lowest BCUT2D eigenvalue weighted by atomic mass is 10.2. The van der Waals surface area contributed by atoms with E-state index >= 15 is 0 Å². The second-order valence-corrected chi connectivity index (χ2v) is 4.75. The van der Waals surface area contributed by atoms with Gasteiger partial charge < -0.3 is 15.4 Å². The van der Waals surface area contributed by atoms with Gasteiger partial charge in [-0.2, -0.15) is 4.98 Å². The summed E-state index contributed by atoms with van der Waals surface area (Å²) in [4.78, 5) is 9.08. The Kier molecular flexibility index (Phi) is 3.46.